The van der Waals surface area contributed by atoms with E-state index in [1.807, 2.05) is 6.92 Å². The summed E-state index contributed by atoms with van der Waals surface area (Å²) in [6, 6.07) is 0. The summed E-state index contributed by atoms with van der Waals surface area (Å²) in [5.74, 6) is -8.97. The molecule has 1 saturated heterocycles. The molecular weight excluding hydrogens is 506 g/mol. The van der Waals surface area contributed by atoms with Crippen molar-refractivity contribution in [3.8, 4) is 0 Å². The number of carbonyl (C=O) groups is 1. The smallest absolute Gasteiger partial charge is 0.428 e. The van der Waals surface area contributed by atoms with E-state index >= 15 is 0 Å². The molecule has 0 N–H and O–H groups in total. The first-order chi connectivity index (χ1) is 14.9. The van der Waals surface area contributed by atoms with E-state index in [0.29, 0.717) is 19.8 Å². The van der Waals surface area contributed by atoms with Gasteiger partial charge in [0, 0.05) is 32.7 Å². The summed E-state index contributed by atoms with van der Waals surface area (Å²) in [7, 11) is -12.4. The predicted molar refractivity (Wildman–Crippen MR) is 106 cm³/mol. The molecule has 1 fully saturated rings. The second-order valence-electron chi connectivity index (χ2n) is 7.59. The Morgan fingerprint density at radius 1 is 0.939 bits per heavy atom. The van der Waals surface area contributed by atoms with Crippen molar-refractivity contribution in [2.45, 2.75) is 50.0 Å². The van der Waals surface area contributed by atoms with Gasteiger partial charge in [-0.25, -0.2) is 16.8 Å². The highest BCUT2D eigenvalue weighted by Crippen LogP contribution is 2.51. The summed E-state index contributed by atoms with van der Waals surface area (Å²) in [5, 5.41) is -12.7. The Bertz CT molecular complexity index is 890. The topological polar surface area (TPSA) is 101 Å². The van der Waals surface area contributed by atoms with Crippen molar-refractivity contribution in [2.24, 2.45) is 5.92 Å². The second kappa shape index (κ2) is 10.6. The first-order valence-electron chi connectivity index (χ1n) is 10.1. The van der Waals surface area contributed by atoms with Crippen LogP contribution in [0.25, 0.3) is 0 Å². The number of halogens is 6. The van der Waals surface area contributed by atoms with Crippen molar-refractivity contribution < 1.29 is 52.7 Å². The largest absolute Gasteiger partial charge is 0.465 e. The molecule has 1 aliphatic heterocycles. The van der Waals surface area contributed by atoms with Crippen LogP contribution in [0.2, 0.25) is 0 Å². The molecule has 1 aliphatic rings. The van der Waals surface area contributed by atoms with Gasteiger partial charge in [-0.2, -0.15) is 30.6 Å². The van der Waals surface area contributed by atoms with Gasteiger partial charge in [-0.15, -0.1) is 0 Å². The van der Waals surface area contributed by atoms with Gasteiger partial charge < -0.3 is 9.64 Å². The zero-order valence-electron chi connectivity index (χ0n) is 18.4. The molecule has 8 nitrogen and oxygen atoms in total. The van der Waals surface area contributed by atoms with E-state index in [1.165, 1.54) is 0 Å². The number of nitrogens with zero attached hydrogens (tertiary/aromatic N) is 2. The molecule has 0 saturated carbocycles. The number of hydrogen-bond acceptors (Lipinski definition) is 7. The Labute approximate surface area is 189 Å². The molecule has 0 amide bonds. The van der Waals surface area contributed by atoms with E-state index in [2.05, 4.69) is 0 Å². The Hall–Kier alpha value is -1.13. The average Bonchev–Trinajstić information content (AvgIpc) is 2.75. The highest BCUT2D eigenvalue weighted by Gasteiger charge is 2.82. The molecule has 0 radical (unpaired) electrons. The lowest BCUT2D eigenvalue weighted by atomic mass is 10.1. The molecule has 1 atom stereocenters. The Morgan fingerprint density at radius 2 is 1.45 bits per heavy atom. The third-order valence-corrected chi connectivity index (χ3v) is 9.12. The summed E-state index contributed by atoms with van der Waals surface area (Å²) >= 11 is 0. The van der Waals surface area contributed by atoms with Crippen molar-refractivity contribution in [3.63, 3.8) is 0 Å². The summed E-state index contributed by atoms with van der Waals surface area (Å²) in [6.45, 7) is 2.62. The van der Waals surface area contributed by atoms with Crippen molar-refractivity contribution in [2.75, 3.05) is 45.1 Å². The molecule has 0 aromatic heterocycles. The Balaban J connectivity index is 2.81. The van der Waals surface area contributed by atoms with E-state index in [1.54, 1.807) is 11.8 Å². The first-order valence-corrected chi connectivity index (χ1v) is 13.2. The fourth-order valence-electron chi connectivity index (χ4n) is 2.83. The van der Waals surface area contributed by atoms with Gasteiger partial charge in [0.25, 0.3) is 10.0 Å². The Kier molecular flexibility index (Phi) is 9.64. The zero-order valence-corrected chi connectivity index (χ0v) is 20.0. The fourth-order valence-corrected chi connectivity index (χ4v) is 5.20. The highest BCUT2D eigenvalue weighted by atomic mass is 32.2. The van der Waals surface area contributed by atoms with Gasteiger partial charge in [0.15, 0.2) is 0 Å². The zero-order chi connectivity index (χ0) is 25.9. The number of hydrogen-bond donors (Lipinski definition) is 0. The van der Waals surface area contributed by atoms with Crippen molar-refractivity contribution in [1.29, 1.82) is 0 Å². The van der Waals surface area contributed by atoms with Crippen molar-refractivity contribution in [3.05, 3.63) is 0 Å². The molecule has 0 aromatic carbocycles. The van der Waals surface area contributed by atoms with E-state index in [0.717, 1.165) is 0 Å². The molecule has 1 rings (SSSR count). The molecular formula is C17H28F6N2O6S2. The van der Waals surface area contributed by atoms with Crippen LogP contribution in [0, 0.1) is 5.92 Å². The van der Waals surface area contributed by atoms with Crippen molar-refractivity contribution >= 4 is 25.8 Å². The fraction of sp³-hybridized carbons (Fsp3) is 0.941. The van der Waals surface area contributed by atoms with E-state index in [4.69, 9.17) is 4.74 Å². The number of ether oxygens (including phenoxy) is 1. The summed E-state index contributed by atoms with van der Waals surface area (Å²) in [5.41, 5.74) is 0. The number of alkyl halides is 6. The van der Waals surface area contributed by atoms with Crippen molar-refractivity contribution in [1.82, 2.24) is 9.21 Å². The van der Waals surface area contributed by atoms with Crippen LogP contribution in [-0.2, 0) is 29.4 Å². The highest BCUT2D eigenvalue weighted by molar-refractivity contribution is 7.92. The maximum Gasteiger partial charge on any atom is 0.428 e. The third-order valence-electron chi connectivity index (χ3n) is 5.37. The van der Waals surface area contributed by atoms with Crippen LogP contribution in [0.15, 0.2) is 0 Å². The van der Waals surface area contributed by atoms with Crippen LogP contribution in [0.4, 0.5) is 26.3 Å². The van der Waals surface area contributed by atoms with Crippen LogP contribution in [0.5, 0.6) is 0 Å². The number of sulfonamides is 1. The van der Waals surface area contributed by atoms with Gasteiger partial charge in [-0.3, -0.25) is 4.79 Å². The average molecular weight is 535 g/mol. The number of piperazine rings is 1. The van der Waals surface area contributed by atoms with Gasteiger partial charge in [-0.05, 0) is 12.8 Å². The van der Waals surface area contributed by atoms with E-state index in [9.17, 15) is 48.0 Å². The van der Waals surface area contributed by atoms with E-state index in [-0.39, 0.29) is 36.5 Å². The first kappa shape index (κ1) is 29.9. The van der Waals surface area contributed by atoms with Crippen LogP contribution in [-0.4, -0.2) is 93.5 Å². The molecule has 196 valence electrons. The molecule has 0 spiro atoms. The van der Waals surface area contributed by atoms with Gasteiger partial charge in [-0.1, -0.05) is 20.8 Å². The number of esters is 1. The molecule has 0 aliphatic carbocycles. The molecule has 33 heavy (non-hydrogen) atoms. The summed E-state index contributed by atoms with van der Waals surface area (Å²) in [6.07, 6.45) is 0.930. The monoisotopic (exact) mass is 534 g/mol. The summed E-state index contributed by atoms with van der Waals surface area (Å²) < 4.78 is 136. The van der Waals surface area contributed by atoms with Gasteiger partial charge in [0.05, 0.1) is 18.3 Å². The summed E-state index contributed by atoms with van der Waals surface area (Å²) in [4.78, 5) is 13.2. The lowest BCUT2D eigenvalue weighted by Crippen LogP contribution is -2.64. The van der Waals surface area contributed by atoms with Gasteiger partial charge in [0.1, 0.15) is 0 Å². The quantitative estimate of drug-likeness (QED) is 0.215. The maximum atomic E-state index is 14.3. The molecule has 16 heteroatoms. The van der Waals surface area contributed by atoms with Crippen LogP contribution in [0.3, 0.4) is 0 Å². The SMILES string of the molecule is CCC(C)C(=O)OCCCN1CCN(S(=O)(=O)C(F)(F)C(F)(F)C(F)(F)S(=O)(=O)CC)CC1. The second-order valence-corrected chi connectivity index (χ2v) is 11.9. The van der Waals surface area contributed by atoms with Gasteiger partial charge in [0.2, 0.25) is 9.84 Å². The number of carbonyl (C=O) groups excluding carboxylic acids is 1. The van der Waals surface area contributed by atoms with E-state index < -0.39 is 61.1 Å². The lowest BCUT2D eigenvalue weighted by Gasteiger charge is -2.38. The molecule has 1 heterocycles. The number of sulfone groups is 1. The van der Waals surface area contributed by atoms with Crippen LogP contribution >= 0.6 is 0 Å². The Morgan fingerprint density at radius 3 is 1.91 bits per heavy atom. The minimum Gasteiger partial charge on any atom is -0.465 e. The molecule has 0 bridgehead atoms. The predicted octanol–water partition coefficient (Wildman–Crippen LogP) is 2.17. The number of rotatable bonds is 12. The van der Waals surface area contributed by atoms with Crippen LogP contribution < -0.4 is 0 Å². The standard InChI is InChI=1S/C17H28F6N2O6S2/c1-4-13(3)14(26)31-12-6-7-24-8-10-25(11-9-24)33(29,30)17(22,23)15(18,19)16(20,21)32(27,28)5-2/h13H,4-12H2,1-3H3. The third kappa shape index (κ3) is 5.75. The minimum absolute atomic E-state index is 0.0605. The molecule has 1 unspecified atom stereocenters. The molecule has 0 aromatic rings. The normalized spacial score (nSPS) is 18.8. The van der Waals surface area contributed by atoms with Gasteiger partial charge >= 0.3 is 22.4 Å². The van der Waals surface area contributed by atoms with Crippen LogP contribution in [0.1, 0.15) is 33.6 Å². The minimum atomic E-state index is -6.70. The maximum absolute atomic E-state index is 14.3. The lowest BCUT2D eigenvalue weighted by molar-refractivity contribution is -0.245.